The molecule has 1 saturated carbocycles. The number of hydrogen-bond acceptors (Lipinski definition) is 2. The van der Waals surface area contributed by atoms with E-state index in [1.807, 2.05) is 18.2 Å². The van der Waals surface area contributed by atoms with Crippen molar-refractivity contribution < 1.29 is 9.84 Å². The molecule has 2 bridgehead atoms. The van der Waals surface area contributed by atoms with Gasteiger partial charge in [0.25, 0.3) is 0 Å². The Balaban J connectivity index is 1.75. The first kappa shape index (κ1) is 9.91. The first-order valence-corrected chi connectivity index (χ1v) is 5.84. The minimum atomic E-state index is -0.227. The highest BCUT2D eigenvalue weighted by Crippen LogP contribution is 2.41. The highest BCUT2D eigenvalue weighted by molar-refractivity contribution is 5.28. The molecule has 16 heavy (non-hydrogen) atoms. The molecule has 1 fully saturated rings. The van der Waals surface area contributed by atoms with Crippen molar-refractivity contribution in [1.29, 1.82) is 0 Å². The van der Waals surface area contributed by atoms with Gasteiger partial charge in [-0.1, -0.05) is 24.3 Å². The normalized spacial score (nSPS) is 35.6. The molecule has 2 nitrogen and oxygen atoms in total. The maximum Gasteiger partial charge on any atom is 0.120 e. The summed E-state index contributed by atoms with van der Waals surface area (Å²) in [5, 5.41) is 9.89. The third-order valence-corrected chi connectivity index (χ3v) is 3.62. The Labute approximate surface area is 95.6 Å². The van der Waals surface area contributed by atoms with Crippen LogP contribution in [0.3, 0.4) is 0 Å². The van der Waals surface area contributed by atoms with Gasteiger partial charge in [0.1, 0.15) is 11.9 Å². The molecule has 2 aliphatic rings. The topological polar surface area (TPSA) is 29.5 Å². The average Bonchev–Trinajstić information content (AvgIpc) is 2.74. The number of aryl methyl sites for hydroxylation is 1. The molecule has 0 saturated heterocycles. The predicted molar refractivity (Wildman–Crippen MR) is 62.3 cm³/mol. The smallest absolute Gasteiger partial charge is 0.120 e. The van der Waals surface area contributed by atoms with Crippen LogP contribution in [0.4, 0.5) is 0 Å². The summed E-state index contributed by atoms with van der Waals surface area (Å²) in [6.07, 6.45) is 5.07. The van der Waals surface area contributed by atoms with Crippen LogP contribution in [0.5, 0.6) is 5.75 Å². The summed E-state index contributed by atoms with van der Waals surface area (Å²) >= 11 is 0. The van der Waals surface area contributed by atoms with Gasteiger partial charge in [0.15, 0.2) is 0 Å². The molecule has 0 aliphatic heterocycles. The fraction of sp³-hybridized carbons (Fsp3) is 0.429. The molecule has 0 aromatic heterocycles. The second kappa shape index (κ2) is 3.63. The van der Waals surface area contributed by atoms with Gasteiger partial charge < -0.3 is 9.84 Å². The molecule has 0 radical (unpaired) electrons. The third-order valence-electron chi connectivity index (χ3n) is 3.62. The number of fused-ring (bicyclic) bond motifs is 2. The zero-order valence-corrected chi connectivity index (χ0v) is 9.34. The van der Waals surface area contributed by atoms with E-state index in [1.54, 1.807) is 0 Å². The standard InChI is InChI=1S/C14H16O2/c1-9-3-2-4-11(7-9)16-13-8-10-5-6-12(13)14(10)15/h2-7,10,12-15H,8H2,1H3. The summed E-state index contributed by atoms with van der Waals surface area (Å²) in [6, 6.07) is 8.09. The Kier molecular flexibility index (Phi) is 2.25. The van der Waals surface area contributed by atoms with Crippen molar-refractivity contribution in [2.24, 2.45) is 11.8 Å². The lowest BCUT2D eigenvalue weighted by Gasteiger charge is -2.20. The number of aliphatic hydroxyl groups is 1. The number of benzene rings is 1. The Bertz CT molecular complexity index is 424. The summed E-state index contributed by atoms with van der Waals surface area (Å²) < 4.78 is 5.95. The van der Waals surface area contributed by atoms with Crippen LogP contribution < -0.4 is 4.74 Å². The monoisotopic (exact) mass is 216 g/mol. The molecular weight excluding hydrogens is 200 g/mol. The van der Waals surface area contributed by atoms with Crippen LogP contribution in [0.15, 0.2) is 36.4 Å². The van der Waals surface area contributed by atoms with Crippen LogP contribution in [0.25, 0.3) is 0 Å². The summed E-state index contributed by atoms with van der Waals surface area (Å²) in [5.74, 6) is 1.41. The first-order valence-electron chi connectivity index (χ1n) is 5.84. The van der Waals surface area contributed by atoms with E-state index in [2.05, 4.69) is 25.1 Å². The van der Waals surface area contributed by atoms with E-state index >= 15 is 0 Å². The minimum absolute atomic E-state index is 0.145. The predicted octanol–water partition coefficient (Wildman–Crippen LogP) is 2.31. The number of rotatable bonds is 2. The van der Waals surface area contributed by atoms with Crippen molar-refractivity contribution in [2.75, 3.05) is 0 Å². The van der Waals surface area contributed by atoms with Crippen LogP contribution >= 0.6 is 0 Å². The van der Waals surface area contributed by atoms with E-state index in [9.17, 15) is 5.11 Å². The molecule has 1 N–H and O–H groups in total. The van der Waals surface area contributed by atoms with Gasteiger partial charge in [0.2, 0.25) is 0 Å². The van der Waals surface area contributed by atoms with Gasteiger partial charge in [-0.3, -0.25) is 0 Å². The first-order chi connectivity index (χ1) is 7.74. The Morgan fingerprint density at radius 2 is 2.19 bits per heavy atom. The van der Waals surface area contributed by atoms with Gasteiger partial charge in [-0.05, 0) is 31.0 Å². The van der Waals surface area contributed by atoms with Crippen molar-refractivity contribution in [3.63, 3.8) is 0 Å². The van der Waals surface area contributed by atoms with Crippen molar-refractivity contribution in [2.45, 2.75) is 25.6 Å². The fourth-order valence-corrected chi connectivity index (χ4v) is 2.76. The molecule has 1 aromatic rings. The summed E-state index contributed by atoms with van der Waals surface area (Å²) in [5.41, 5.74) is 1.21. The van der Waals surface area contributed by atoms with Gasteiger partial charge in [-0.25, -0.2) is 0 Å². The maximum absolute atomic E-state index is 9.89. The van der Waals surface area contributed by atoms with Gasteiger partial charge in [-0.15, -0.1) is 0 Å². The Hall–Kier alpha value is -1.28. The number of aliphatic hydroxyl groups excluding tert-OH is 1. The summed E-state index contributed by atoms with van der Waals surface area (Å²) in [4.78, 5) is 0. The van der Waals surface area contributed by atoms with Gasteiger partial charge >= 0.3 is 0 Å². The SMILES string of the molecule is Cc1cccc(OC2CC3C=CC2C3O)c1. The van der Waals surface area contributed by atoms with E-state index in [0.29, 0.717) is 5.92 Å². The molecule has 84 valence electrons. The van der Waals surface area contributed by atoms with E-state index in [4.69, 9.17) is 4.74 Å². The van der Waals surface area contributed by atoms with Crippen LogP contribution in [0.2, 0.25) is 0 Å². The van der Waals surface area contributed by atoms with Crippen LogP contribution in [0, 0.1) is 18.8 Å². The van der Waals surface area contributed by atoms with Crippen LogP contribution in [0.1, 0.15) is 12.0 Å². The van der Waals surface area contributed by atoms with Gasteiger partial charge in [-0.2, -0.15) is 0 Å². The lowest BCUT2D eigenvalue weighted by atomic mass is 10.0. The average molecular weight is 216 g/mol. The van der Waals surface area contributed by atoms with E-state index in [1.165, 1.54) is 5.56 Å². The van der Waals surface area contributed by atoms with Crippen molar-refractivity contribution in [3.8, 4) is 5.75 Å². The molecule has 2 aliphatic carbocycles. The van der Waals surface area contributed by atoms with E-state index < -0.39 is 0 Å². The number of hydrogen-bond donors (Lipinski definition) is 1. The molecule has 1 aromatic carbocycles. The van der Waals surface area contributed by atoms with Crippen LogP contribution in [-0.4, -0.2) is 17.3 Å². The van der Waals surface area contributed by atoms with Crippen molar-refractivity contribution in [3.05, 3.63) is 42.0 Å². The maximum atomic E-state index is 9.89. The van der Waals surface area contributed by atoms with E-state index in [-0.39, 0.29) is 18.1 Å². The zero-order chi connectivity index (χ0) is 11.1. The quantitative estimate of drug-likeness (QED) is 0.769. The molecule has 4 atom stereocenters. The second-order valence-electron chi connectivity index (χ2n) is 4.83. The summed E-state index contributed by atoms with van der Waals surface area (Å²) in [6.45, 7) is 2.06. The molecular formula is C14H16O2. The lowest BCUT2D eigenvalue weighted by Crippen LogP contribution is -2.24. The largest absolute Gasteiger partial charge is 0.490 e. The van der Waals surface area contributed by atoms with Crippen LogP contribution in [-0.2, 0) is 0 Å². The second-order valence-corrected chi connectivity index (χ2v) is 4.83. The Morgan fingerprint density at radius 3 is 2.81 bits per heavy atom. The van der Waals surface area contributed by atoms with Gasteiger partial charge in [0, 0.05) is 11.8 Å². The fourth-order valence-electron chi connectivity index (χ4n) is 2.76. The zero-order valence-electron chi connectivity index (χ0n) is 9.34. The lowest BCUT2D eigenvalue weighted by molar-refractivity contribution is 0.104. The van der Waals surface area contributed by atoms with Crippen molar-refractivity contribution in [1.82, 2.24) is 0 Å². The third kappa shape index (κ3) is 1.54. The van der Waals surface area contributed by atoms with E-state index in [0.717, 1.165) is 12.2 Å². The van der Waals surface area contributed by atoms with Gasteiger partial charge in [0.05, 0.1) is 6.10 Å². The molecule has 3 rings (SSSR count). The highest BCUT2D eigenvalue weighted by atomic mass is 16.5. The minimum Gasteiger partial charge on any atom is -0.490 e. The Morgan fingerprint density at radius 1 is 1.31 bits per heavy atom. The molecule has 0 amide bonds. The highest BCUT2D eigenvalue weighted by Gasteiger charge is 2.45. The van der Waals surface area contributed by atoms with Crippen molar-refractivity contribution >= 4 is 0 Å². The number of ether oxygens (including phenoxy) is 1. The molecule has 2 heteroatoms. The molecule has 0 heterocycles. The molecule has 0 spiro atoms. The summed E-state index contributed by atoms with van der Waals surface area (Å²) in [7, 11) is 0. The molecule has 4 unspecified atom stereocenters.